The summed E-state index contributed by atoms with van der Waals surface area (Å²) in [6.45, 7) is 5.17. The Hall–Kier alpha value is -1.92. The van der Waals surface area contributed by atoms with E-state index in [1.54, 1.807) is 12.1 Å². The van der Waals surface area contributed by atoms with Gasteiger partial charge in [0.25, 0.3) is 0 Å². The fourth-order valence-corrected chi connectivity index (χ4v) is 3.23. The number of nitrogens with one attached hydrogen (secondary N) is 1. The lowest BCUT2D eigenvalue weighted by molar-refractivity contribution is -0.120. The largest absolute Gasteiger partial charge is 0.369 e. The molecule has 0 unspecified atom stereocenters. The highest BCUT2D eigenvalue weighted by atomic mass is 79.9. The van der Waals surface area contributed by atoms with Crippen LogP contribution in [0, 0.1) is 5.82 Å². The van der Waals surface area contributed by atoms with Crippen molar-refractivity contribution in [3.63, 3.8) is 0 Å². The Morgan fingerprint density at radius 1 is 1.04 bits per heavy atom. The lowest BCUT2D eigenvalue weighted by Crippen LogP contribution is -2.52. The van der Waals surface area contributed by atoms with E-state index in [4.69, 9.17) is 0 Å². The van der Waals surface area contributed by atoms with Crippen LogP contribution in [-0.2, 0) is 4.79 Å². The molecule has 1 fully saturated rings. The monoisotopic (exact) mass is 405 g/mol. The van der Waals surface area contributed by atoms with Crippen LogP contribution in [0.2, 0.25) is 0 Å². The maximum atomic E-state index is 13.0. The highest BCUT2D eigenvalue weighted by Gasteiger charge is 2.25. The van der Waals surface area contributed by atoms with Gasteiger partial charge in [-0.3, -0.25) is 9.69 Å². The number of hydrogen-bond donors (Lipinski definition) is 1. The molecule has 6 heteroatoms. The van der Waals surface area contributed by atoms with E-state index in [2.05, 4.69) is 31.0 Å². The van der Waals surface area contributed by atoms with Crippen molar-refractivity contribution >= 4 is 33.2 Å². The highest BCUT2D eigenvalue weighted by molar-refractivity contribution is 9.10. The second-order valence-electron chi connectivity index (χ2n) is 6.17. The Morgan fingerprint density at radius 3 is 2.24 bits per heavy atom. The lowest BCUT2D eigenvalue weighted by Gasteiger charge is -2.38. The summed E-state index contributed by atoms with van der Waals surface area (Å²) >= 11 is 3.39. The number of carbonyl (C=O) groups excluding carboxylic acids is 1. The highest BCUT2D eigenvalue weighted by Crippen LogP contribution is 2.19. The van der Waals surface area contributed by atoms with Gasteiger partial charge < -0.3 is 10.2 Å². The normalized spacial score (nSPS) is 16.5. The van der Waals surface area contributed by atoms with E-state index < -0.39 is 0 Å². The van der Waals surface area contributed by atoms with Crippen LogP contribution in [0.15, 0.2) is 53.0 Å². The van der Waals surface area contributed by atoms with Crippen molar-refractivity contribution in [1.82, 2.24) is 4.90 Å². The van der Waals surface area contributed by atoms with E-state index >= 15 is 0 Å². The molecule has 0 spiro atoms. The summed E-state index contributed by atoms with van der Waals surface area (Å²) in [6.07, 6.45) is 0. The van der Waals surface area contributed by atoms with E-state index in [1.165, 1.54) is 12.1 Å². The molecule has 132 valence electrons. The van der Waals surface area contributed by atoms with Gasteiger partial charge in [-0.2, -0.15) is 0 Å². The number of piperazine rings is 1. The molecule has 1 saturated heterocycles. The van der Waals surface area contributed by atoms with Gasteiger partial charge in [-0.05, 0) is 55.5 Å². The topological polar surface area (TPSA) is 35.6 Å². The van der Waals surface area contributed by atoms with Gasteiger partial charge in [0.15, 0.2) is 0 Å². The van der Waals surface area contributed by atoms with Crippen LogP contribution in [-0.4, -0.2) is 43.0 Å². The SMILES string of the molecule is C[C@@H](C(=O)Nc1ccc(Br)cc1)N1CCN(c2ccc(F)cc2)CC1. The molecule has 1 amide bonds. The first kappa shape index (κ1) is 17.9. The van der Waals surface area contributed by atoms with Crippen molar-refractivity contribution in [2.75, 3.05) is 36.4 Å². The zero-order valence-electron chi connectivity index (χ0n) is 14.1. The molecule has 4 nitrogen and oxygen atoms in total. The van der Waals surface area contributed by atoms with Gasteiger partial charge in [-0.15, -0.1) is 0 Å². The fraction of sp³-hybridized carbons (Fsp3) is 0.316. The Balaban J connectivity index is 1.53. The summed E-state index contributed by atoms with van der Waals surface area (Å²) < 4.78 is 14.0. The zero-order chi connectivity index (χ0) is 17.8. The van der Waals surface area contributed by atoms with Gasteiger partial charge in [0.2, 0.25) is 5.91 Å². The van der Waals surface area contributed by atoms with Crippen molar-refractivity contribution in [1.29, 1.82) is 0 Å². The number of hydrogen-bond acceptors (Lipinski definition) is 3. The minimum absolute atomic E-state index is 0.00226. The number of carbonyl (C=O) groups is 1. The van der Waals surface area contributed by atoms with Crippen molar-refractivity contribution in [2.45, 2.75) is 13.0 Å². The van der Waals surface area contributed by atoms with Crippen LogP contribution in [0.25, 0.3) is 0 Å². The first-order chi connectivity index (χ1) is 12.0. The number of amides is 1. The maximum Gasteiger partial charge on any atom is 0.241 e. The van der Waals surface area contributed by atoms with Gasteiger partial charge in [0, 0.05) is 42.0 Å². The van der Waals surface area contributed by atoms with Gasteiger partial charge in [-0.1, -0.05) is 15.9 Å². The summed E-state index contributed by atoms with van der Waals surface area (Å²) in [6, 6.07) is 13.9. The van der Waals surface area contributed by atoms with Gasteiger partial charge in [-0.25, -0.2) is 4.39 Å². The van der Waals surface area contributed by atoms with Gasteiger partial charge in [0.1, 0.15) is 5.82 Å². The molecule has 0 bridgehead atoms. The fourth-order valence-electron chi connectivity index (χ4n) is 2.97. The minimum atomic E-state index is -0.222. The minimum Gasteiger partial charge on any atom is -0.369 e. The van der Waals surface area contributed by atoms with Crippen molar-refractivity contribution in [3.8, 4) is 0 Å². The van der Waals surface area contributed by atoms with E-state index in [1.807, 2.05) is 31.2 Å². The van der Waals surface area contributed by atoms with E-state index in [-0.39, 0.29) is 17.8 Å². The van der Waals surface area contributed by atoms with Crippen molar-refractivity contribution in [3.05, 3.63) is 58.8 Å². The van der Waals surface area contributed by atoms with Crippen molar-refractivity contribution in [2.24, 2.45) is 0 Å². The second-order valence-corrected chi connectivity index (χ2v) is 7.09. The number of anilines is 2. The summed E-state index contributed by atoms with van der Waals surface area (Å²) in [5.74, 6) is -0.224. The molecule has 0 saturated carbocycles. The van der Waals surface area contributed by atoms with E-state index in [9.17, 15) is 9.18 Å². The van der Waals surface area contributed by atoms with Gasteiger partial charge in [0.05, 0.1) is 6.04 Å². The molecule has 1 atom stereocenters. The molecule has 0 aliphatic carbocycles. The summed E-state index contributed by atoms with van der Waals surface area (Å²) in [5, 5.41) is 2.96. The smallest absolute Gasteiger partial charge is 0.241 e. The molecule has 25 heavy (non-hydrogen) atoms. The average molecular weight is 406 g/mol. The van der Waals surface area contributed by atoms with E-state index in [0.29, 0.717) is 0 Å². The van der Waals surface area contributed by atoms with Crippen molar-refractivity contribution < 1.29 is 9.18 Å². The number of rotatable bonds is 4. The molecule has 1 heterocycles. The van der Waals surface area contributed by atoms with E-state index in [0.717, 1.165) is 42.0 Å². The molecule has 0 radical (unpaired) electrons. The summed E-state index contributed by atoms with van der Waals surface area (Å²) in [7, 11) is 0. The first-order valence-corrected chi connectivity index (χ1v) is 9.13. The zero-order valence-corrected chi connectivity index (χ0v) is 15.7. The molecule has 1 aliphatic rings. The average Bonchev–Trinajstić information content (AvgIpc) is 2.64. The Labute approximate surface area is 155 Å². The summed E-state index contributed by atoms with van der Waals surface area (Å²) in [5.41, 5.74) is 1.82. The van der Waals surface area contributed by atoms with Crippen LogP contribution in [0.4, 0.5) is 15.8 Å². The van der Waals surface area contributed by atoms with Crippen LogP contribution in [0.1, 0.15) is 6.92 Å². The predicted octanol–water partition coefficient (Wildman–Crippen LogP) is 3.74. The molecule has 2 aromatic carbocycles. The first-order valence-electron chi connectivity index (χ1n) is 8.34. The summed E-state index contributed by atoms with van der Waals surface area (Å²) in [4.78, 5) is 16.9. The van der Waals surface area contributed by atoms with Crippen LogP contribution < -0.4 is 10.2 Å². The molecule has 0 aromatic heterocycles. The molecule has 2 aromatic rings. The Kier molecular flexibility index (Phi) is 5.71. The molecule has 1 aliphatic heterocycles. The van der Waals surface area contributed by atoms with Crippen LogP contribution in [0.3, 0.4) is 0 Å². The molecule has 1 N–H and O–H groups in total. The number of nitrogens with zero attached hydrogens (tertiary/aromatic N) is 2. The standard InChI is InChI=1S/C19H21BrFN3O/c1-14(19(25)22-17-6-2-15(20)3-7-17)23-10-12-24(13-11-23)18-8-4-16(21)5-9-18/h2-9,14H,10-13H2,1H3,(H,22,25)/t14-/m0/s1. The Morgan fingerprint density at radius 2 is 1.64 bits per heavy atom. The molecule has 3 rings (SSSR count). The molecular formula is C19H21BrFN3O. The Bertz CT molecular complexity index is 712. The number of benzene rings is 2. The quantitative estimate of drug-likeness (QED) is 0.841. The predicted molar refractivity (Wildman–Crippen MR) is 102 cm³/mol. The third-order valence-electron chi connectivity index (χ3n) is 4.54. The number of halogens is 2. The molecular weight excluding hydrogens is 385 g/mol. The lowest BCUT2D eigenvalue weighted by atomic mass is 10.2. The third kappa shape index (κ3) is 4.58. The maximum absolute atomic E-state index is 13.0. The van der Waals surface area contributed by atoms with Gasteiger partial charge >= 0.3 is 0 Å². The van der Waals surface area contributed by atoms with Crippen LogP contribution >= 0.6 is 15.9 Å². The third-order valence-corrected chi connectivity index (χ3v) is 5.07. The second kappa shape index (κ2) is 7.97. The van der Waals surface area contributed by atoms with Crippen LogP contribution in [0.5, 0.6) is 0 Å².